The monoisotopic (exact) mass is 487 g/mol. The summed E-state index contributed by atoms with van der Waals surface area (Å²) in [7, 11) is 0. The lowest BCUT2D eigenvalue weighted by atomic mass is 9.67. The van der Waals surface area contributed by atoms with Crippen molar-refractivity contribution in [2.45, 2.75) is 142 Å². The van der Waals surface area contributed by atoms with Gasteiger partial charge in [0, 0.05) is 23.7 Å². The molecule has 0 amide bonds. The third-order valence-electron chi connectivity index (χ3n) is 8.35. The largest absolute Gasteiger partial charge is 0.324 e. The van der Waals surface area contributed by atoms with Crippen LogP contribution < -0.4 is 16.2 Å². The summed E-state index contributed by atoms with van der Waals surface area (Å²) in [4.78, 5) is 0. The molecule has 2 aliphatic heterocycles. The van der Waals surface area contributed by atoms with Gasteiger partial charge in [0.25, 0.3) is 0 Å². The molecule has 0 saturated carbocycles. The normalized spacial score (nSPS) is 23.4. The number of allylic oxidation sites excluding steroid dienone is 1. The summed E-state index contributed by atoms with van der Waals surface area (Å²) in [6.07, 6.45) is 3.58. The molecule has 0 aromatic rings. The van der Waals surface area contributed by atoms with Crippen LogP contribution in [0.4, 0.5) is 0 Å². The van der Waals surface area contributed by atoms with E-state index in [0.717, 1.165) is 6.54 Å². The van der Waals surface area contributed by atoms with Crippen LogP contribution in [0.25, 0.3) is 0 Å². The van der Waals surface area contributed by atoms with Gasteiger partial charge in [0.1, 0.15) is 0 Å². The van der Waals surface area contributed by atoms with E-state index >= 15 is 0 Å². The van der Waals surface area contributed by atoms with Crippen LogP contribution in [0.1, 0.15) is 130 Å². The Bertz CT molecular complexity index is 826. The molecule has 2 atom stereocenters. The number of rotatable bonds is 6. The van der Waals surface area contributed by atoms with Crippen molar-refractivity contribution in [3.8, 4) is 0 Å². The third-order valence-corrected chi connectivity index (χ3v) is 8.35. The lowest BCUT2D eigenvalue weighted by Gasteiger charge is -2.38. The fourth-order valence-electron chi connectivity index (χ4n) is 6.30. The van der Waals surface area contributed by atoms with E-state index in [1.807, 2.05) is 0 Å². The summed E-state index contributed by atoms with van der Waals surface area (Å²) in [5, 5.41) is 3.92. The molecule has 0 fully saturated rings. The van der Waals surface area contributed by atoms with E-state index in [4.69, 9.17) is 0 Å². The van der Waals surface area contributed by atoms with Gasteiger partial charge in [-0.25, -0.2) is 5.43 Å². The predicted molar refractivity (Wildman–Crippen MR) is 155 cm³/mol. The van der Waals surface area contributed by atoms with E-state index in [0.29, 0.717) is 12.1 Å². The number of hydrogen-bond acceptors (Lipinski definition) is 3. The second kappa shape index (κ2) is 9.50. The molecule has 3 N–H and O–H groups in total. The Kier molecular flexibility index (Phi) is 8.26. The lowest BCUT2D eigenvalue weighted by Crippen LogP contribution is -2.44. The third kappa shape index (κ3) is 7.16. The average Bonchev–Trinajstić information content (AvgIpc) is 3.23. The van der Waals surface area contributed by atoms with Crippen LogP contribution >= 0.6 is 0 Å². The van der Waals surface area contributed by atoms with Crippen LogP contribution in [0.15, 0.2) is 22.4 Å². The topological polar surface area (TPSA) is 36.1 Å². The predicted octanol–water partition coefficient (Wildman–Crippen LogP) is 8.39. The maximum Gasteiger partial charge on any atom is 0.0543 e. The van der Waals surface area contributed by atoms with Crippen LogP contribution in [0, 0.1) is 32.5 Å². The van der Waals surface area contributed by atoms with Gasteiger partial charge in [-0.3, -0.25) is 0 Å². The Morgan fingerprint density at radius 3 is 1.60 bits per heavy atom. The highest BCUT2D eigenvalue weighted by Gasteiger charge is 2.44. The Hall–Kier alpha value is -0.800. The standard InChI is InChI=1S/C32H61N3/c1-27(2,3)21-20-33-22(23(21)28(4,5)6)19-31(13,14)17-18-32(15,16)26-24(29(7,8)9)25(34-35-26)30(10,11)12/h22,25,33-35H,17-20H2,1-16H3. The molecule has 3 heteroatoms. The van der Waals surface area contributed by atoms with Crippen LogP contribution in [-0.2, 0) is 0 Å². The van der Waals surface area contributed by atoms with Gasteiger partial charge in [-0.1, -0.05) is 111 Å². The van der Waals surface area contributed by atoms with Crippen molar-refractivity contribution >= 4 is 0 Å². The van der Waals surface area contributed by atoms with Crippen molar-refractivity contribution in [3.63, 3.8) is 0 Å². The number of nitrogens with one attached hydrogen (secondary N) is 3. The van der Waals surface area contributed by atoms with Crippen molar-refractivity contribution in [3.05, 3.63) is 22.4 Å². The van der Waals surface area contributed by atoms with Crippen LogP contribution in [0.5, 0.6) is 0 Å². The first-order valence-corrected chi connectivity index (χ1v) is 14.1. The van der Waals surface area contributed by atoms with Gasteiger partial charge in [-0.15, -0.1) is 0 Å². The van der Waals surface area contributed by atoms with Gasteiger partial charge in [0.05, 0.1) is 6.04 Å². The van der Waals surface area contributed by atoms with Gasteiger partial charge in [0.2, 0.25) is 0 Å². The highest BCUT2D eigenvalue weighted by molar-refractivity contribution is 5.36. The van der Waals surface area contributed by atoms with E-state index in [2.05, 4.69) is 127 Å². The first-order chi connectivity index (χ1) is 15.4. The fourth-order valence-corrected chi connectivity index (χ4v) is 6.30. The van der Waals surface area contributed by atoms with Crippen molar-refractivity contribution in [1.82, 2.24) is 16.2 Å². The minimum Gasteiger partial charge on any atom is -0.324 e. The van der Waals surface area contributed by atoms with Crippen LogP contribution in [-0.4, -0.2) is 18.6 Å². The van der Waals surface area contributed by atoms with Gasteiger partial charge in [0.15, 0.2) is 0 Å². The Morgan fingerprint density at radius 1 is 0.657 bits per heavy atom. The molecular weight excluding hydrogens is 426 g/mol. The zero-order valence-corrected chi connectivity index (χ0v) is 26.5. The first-order valence-electron chi connectivity index (χ1n) is 14.1. The second-order valence-electron chi connectivity index (χ2n) is 17.2. The maximum atomic E-state index is 3.92. The van der Waals surface area contributed by atoms with Crippen LogP contribution in [0.2, 0.25) is 0 Å². The summed E-state index contributed by atoms with van der Waals surface area (Å²) in [5.74, 6) is 0. The molecule has 0 radical (unpaired) electrons. The molecule has 0 aromatic heterocycles. The summed E-state index contributed by atoms with van der Waals surface area (Å²) in [6.45, 7) is 39.3. The summed E-state index contributed by atoms with van der Waals surface area (Å²) >= 11 is 0. The highest BCUT2D eigenvalue weighted by atomic mass is 15.4. The Morgan fingerprint density at radius 2 is 1.17 bits per heavy atom. The van der Waals surface area contributed by atoms with E-state index in [1.165, 1.54) is 25.0 Å². The zero-order chi connectivity index (χ0) is 27.4. The molecule has 2 rings (SSSR count). The molecule has 2 unspecified atom stereocenters. The Balaban J connectivity index is 2.27. The van der Waals surface area contributed by atoms with Gasteiger partial charge >= 0.3 is 0 Å². The van der Waals surface area contributed by atoms with Gasteiger partial charge in [-0.2, -0.15) is 0 Å². The molecular formula is C32H61N3. The smallest absolute Gasteiger partial charge is 0.0543 e. The van der Waals surface area contributed by atoms with Gasteiger partial charge in [-0.05, 0) is 63.1 Å². The number of hydrogen-bond donors (Lipinski definition) is 3. The molecule has 0 aromatic carbocycles. The van der Waals surface area contributed by atoms with E-state index in [9.17, 15) is 0 Å². The quantitative estimate of drug-likeness (QED) is 0.329. The molecule has 35 heavy (non-hydrogen) atoms. The Labute approximate surface area is 219 Å². The number of hydrazine groups is 1. The first kappa shape index (κ1) is 30.4. The second-order valence-corrected chi connectivity index (χ2v) is 17.2. The molecule has 0 saturated heterocycles. The maximum absolute atomic E-state index is 3.92. The summed E-state index contributed by atoms with van der Waals surface area (Å²) in [5.41, 5.74) is 14.7. The fraction of sp³-hybridized carbons (Fsp3) is 0.875. The zero-order valence-electron chi connectivity index (χ0n) is 26.5. The molecule has 0 spiro atoms. The molecule has 3 nitrogen and oxygen atoms in total. The lowest BCUT2D eigenvalue weighted by molar-refractivity contribution is 0.223. The minimum absolute atomic E-state index is 0.0925. The molecule has 2 heterocycles. The molecule has 0 aliphatic carbocycles. The van der Waals surface area contributed by atoms with Crippen molar-refractivity contribution in [1.29, 1.82) is 0 Å². The molecule has 0 bridgehead atoms. The van der Waals surface area contributed by atoms with Crippen molar-refractivity contribution in [2.24, 2.45) is 32.5 Å². The summed E-state index contributed by atoms with van der Waals surface area (Å²) < 4.78 is 0. The molecule has 204 valence electrons. The summed E-state index contributed by atoms with van der Waals surface area (Å²) in [6, 6.07) is 0.825. The molecule has 2 aliphatic rings. The van der Waals surface area contributed by atoms with Crippen molar-refractivity contribution in [2.75, 3.05) is 6.54 Å². The van der Waals surface area contributed by atoms with E-state index in [1.54, 1.807) is 16.7 Å². The van der Waals surface area contributed by atoms with E-state index < -0.39 is 0 Å². The van der Waals surface area contributed by atoms with Crippen LogP contribution in [0.3, 0.4) is 0 Å². The highest BCUT2D eigenvalue weighted by Crippen LogP contribution is 2.48. The van der Waals surface area contributed by atoms with Crippen molar-refractivity contribution < 1.29 is 0 Å². The average molecular weight is 488 g/mol. The van der Waals surface area contributed by atoms with Gasteiger partial charge < -0.3 is 10.7 Å². The minimum atomic E-state index is 0.0925. The SMILES string of the molecule is CC(C)(CCC(C)(C)C1=C(C(C)(C)C)C(C(C)(C)C)NN1)CC1NCC(C(C)(C)C)=C1C(C)(C)C. The van der Waals surface area contributed by atoms with E-state index in [-0.39, 0.29) is 32.5 Å².